The number of benzene rings is 2. The molecule has 0 fully saturated rings. The highest BCUT2D eigenvalue weighted by molar-refractivity contribution is 9.11. The lowest BCUT2D eigenvalue weighted by molar-refractivity contribution is -0.124. The van der Waals surface area contributed by atoms with E-state index in [-0.39, 0.29) is 48.2 Å². The number of halogens is 6. The first-order valence-electron chi connectivity index (χ1n) is 8.25. The maximum Gasteiger partial charge on any atom is 0.258 e. The minimum absolute atomic E-state index is 0.203. The zero-order valence-electron chi connectivity index (χ0n) is 15.0. The summed E-state index contributed by atoms with van der Waals surface area (Å²) in [6.07, 6.45) is 0. The van der Waals surface area contributed by atoms with Crippen LogP contribution in [-0.4, -0.2) is 38.1 Å². The normalized spacial score (nSPS) is 10.5. The summed E-state index contributed by atoms with van der Waals surface area (Å²) >= 11 is 30.3. The molecule has 0 bridgehead atoms. The molecule has 12 heteroatoms. The van der Waals surface area contributed by atoms with Gasteiger partial charge in [0.1, 0.15) is 0 Å². The van der Waals surface area contributed by atoms with E-state index in [0.717, 1.165) is 0 Å². The minimum Gasteiger partial charge on any atom is -0.481 e. The molecule has 0 radical (unpaired) electrons. The zero-order valence-corrected chi connectivity index (χ0v) is 21.2. The SMILES string of the molecule is O=C(COc1c(Cl)cc(Cl)cc1Br)NCCNC(=O)COc1c(Cl)cc(Cl)cc1Br. The predicted octanol–water partition coefficient (Wildman–Crippen LogP) is 5.52. The highest BCUT2D eigenvalue weighted by Gasteiger charge is 2.12. The first kappa shape index (κ1) is 25.4. The van der Waals surface area contributed by atoms with Crippen LogP contribution in [0.1, 0.15) is 0 Å². The van der Waals surface area contributed by atoms with Crippen LogP contribution in [0.25, 0.3) is 0 Å². The summed E-state index contributed by atoms with van der Waals surface area (Å²) < 4.78 is 11.9. The van der Waals surface area contributed by atoms with Crippen molar-refractivity contribution in [3.05, 3.63) is 53.3 Å². The number of carbonyl (C=O) groups excluding carboxylic acids is 2. The summed E-state index contributed by atoms with van der Waals surface area (Å²) in [7, 11) is 0. The Morgan fingerprint density at radius 1 is 0.733 bits per heavy atom. The highest BCUT2D eigenvalue weighted by Crippen LogP contribution is 2.36. The summed E-state index contributed by atoms with van der Waals surface area (Å²) in [6.45, 7) is -0.0934. The molecule has 2 rings (SSSR count). The molecule has 0 unspecified atom stereocenters. The number of hydrogen-bond donors (Lipinski definition) is 2. The molecule has 2 amide bonds. The first-order chi connectivity index (χ1) is 14.2. The highest BCUT2D eigenvalue weighted by atomic mass is 79.9. The number of nitrogens with one attached hydrogen (secondary N) is 2. The molecule has 2 N–H and O–H groups in total. The van der Waals surface area contributed by atoms with Crippen LogP contribution in [0, 0.1) is 0 Å². The van der Waals surface area contributed by atoms with Gasteiger partial charge in [0.25, 0.3) is 11.8 Å². The fourth-order valence-electron chi connectivity index (χ4n) is 2.12. The Morgan fingerprint density at radius 3 is 1.43 bits per heavy atom. The largest absolute Gasteiger partial charge is 0.481 e. The topological polar surface area (TPSA) is 76.7 Å². The first-order valence-corrected chi connectivity index (χ1v) is 11.3. The van der Waals surface area contributed by atoms with Crippen molar-refractivity contribution in [3.63, 3.8) is 0 Å². The second-order valence-corrected chi connectivity index (χ2v) is 9.07. The van der Waals surface area contributed by atoms with Crippen LogP contribution >= 0.6 is 78.3 Å². The maximum absolute atomic E-state index is 11.9. The summed E-state index contributed by atoms with van der Waals surface area (Å²) in [4.78, 5) is 23.8. The summed E-state index contributed by atoms with van der Waals surface area (Å²) in [6, 6.07) is 6.23. The Kier molecular flexibility index (Phi) is 10.3. The predicted molar refractivity (Wildman–Crippen MR) is 125 cm³/mol. The molecule has 162 valence electrons. The Hall–Kier alpha value is -0.900. The van der Waals surface area contributed by atoms with Gasteiger partial charge in [-0.25, -0.2) is 0 Å². The van der Waals surface area contributed by atoms with Crippen molar-refractivity contribution >= 4 is 90.1 Å². The van der Waals surface area contributed by atoms with Crippen molar-refractivity contribution in [3.8, 4) is 11.5 Å². The van der Waals surface area contributed by atoms with Gasteiger partial charge >= 0.3 is 0 Å². The van der Waals surface area contributed by atoms with Gasteiger partial charge in [-0.15, -0.1) is 0 Å². The number of ether oxygens (including phenoxy) is 2. The molecule has 0 aliphatic heterocycles. The monoisotopic (exact) mass is 620 g/mol. The number of hydrogen-bond acceptors (Lipinski definition) is 4. The lowest BCUT2D eigenvalue weighted by atomic mass is 10.3. The van der Waals surface area contributed by atoms with E-state index in [4.69, 9.17) is 55.9 Å². The Balaban J connectivity index is 1.67. The van der Waals surface area contributed by atoms with Gasteiger partial charge in [0, 0.05) is 23.1 Å². The molecule has 0 aromatic heterocycles. The molecule has 0 aliphatic rings. The molecule has 0 aliphatic carbocycles. The summed E-state index contributed by atoms with van der Waals surface area (Å²) in [5.41, 5.74) is 0. The third-order valence-electron chi connectivity index (χ3n) is 3.39. The van der Waals surface area contributed by atoms with E-state index in [1.54, 1.807) is 12.1 Å². The van der Waals surface area contributed by atoms with Crippen molar-refractivity contribution in [2.45, 2.75) is 0 Å². The fourth-order valence-corrected chi connectivity index (χ4v) is 4.85. The molecule has 2 aromatic rings. The minimum atomic E-state index is -0.379. The molecule has 0 heterocycles. The van der Waals surface area contributed by atoms with Gasteiger partial charge in [-0.1, -0.05) is 46.4 Å². The average Bonchev–Trinajstić information content (AvgIpc) is 2.63. The van der Waals surface area contributed by atoms with Gasteiger partial charge in [-0.3, -0.25) is 9.59 Å². The molecule has 0 saturated heterocycles. The van der Waals surface area contributed by atoms with Crippen molar-refractivity contribution in [1.82, 2.24) is 10.6 Å². The molecular weight excluding hydrogens is 610 g/mol. The third-order valence-corrected chi connectivity index (χ3v) is 5.57. The molecule has 6 nitrogen and oxygen atoms in total. The van der Waals surface area contributed by atoms with Gasteiger partial charge in [-0.05, 0) is 56.1 Å². The van der Waals surface area contributed by atoms with Crippen LogP contribution in [0.3, 0.4) is 0 Å². The van der Waals surface area contributed by atoms with E-state index >= 15 is 0 Å². The quantitative estimate of drug-likeness (QED) is 0.361. The number of carbonyl (C=O) groups is 2. The average molecular weight is 624 g/mol. The van der Waals surface area contributed by atoms with Gasteiger partial charge in [0.05, 0.1) is 19.0 Å². The second kappa shape index (κ2) is 12.2. The van der Waals surface area contributed by atoms with E-state index in [0.29, 0.717) is 30.5 Å². The lowest BCUT2D eigenvalue weighted by Gasteiger charge is -2.12. The van der Waals surface area contributed by atoms with Crippen molar-refractivity contribution in [2.75, 3.05) is 26.3 Å². The van der Waals surface area contributed by atoms with E-state index in [9.17, 15) is 9.59 Å². The Morgan fingerprint density at radius 2 is 1.10 bits per heavy atom. The number of amides is 2. The van der Waals surface area contributed by atoms with Crippen molar-refractivity contribution in [2.24, 2.45) is 0 Å². The van der Waals surface area contributed by atoms with Gasteiger partial charge < -0.3 is 20.1 Å². The van der Waals surface area contributed by atoms with Gasteiger partial charge in [-0.2, -0.15) is 0 Å². The van der Waals surface area contributed by atoms with Gasteiger partial charge in [0.15, 0.2) is 24.7 Å². The number of rotatable bonds is 9. The van der Waals surface area contributed by atoms with E-state index in [2.05, 4.69) is 42.5 Å². The van der Waals surface area contributed by atoms with Crippen molar-refractivity contribution < 1.29 is 19.1 Å². The van der Waals surface area contributed by atoms with E-state index < -0.39 is 0 Å². The van der Waals surface area contributed by atoms with Crippen LogP contribution < -0.4 is 20.1 Å². The van der Waals surface area contributed by atoms with E-state index in [1.807, 2.05) is 0 Å². The summed E-state index contributed by atoms with van der Waals surface area (Å²) in [5.74, 6) is -0.132. The van der Waals surface area contributed by atoms with Crippen LogP contribution in [-0.2, 0) is 9.59 Å². The van der Waals surface area contributed by atoms with Crippen molar-refractivity contribution in [1.29, 1.82) is 0 Å². The van der Waals surface area contributed by atoms with Crippen LogP contribution in [0.15, 0.2) is 33.2 Å². The van der Waals surface area contributed by atoms with Crippen LogP contribution in [0.4, 0.5) is 0 Å². The molecular formula is C18H14Br2Cl4N2O4. The van der Waals surface area contributed by atoms with Crippen LogP contribution in [0.5, 0.6) is 11.5 Å². The molecule has 2 aromatic carbocycles. The molecule has 0 spiro atoms. The Labute approximate surface area is 209 Å². The smallest absolute Gasteiger partial charge is 0.258 e. The molecule has 0 saturated carbocycles. The zero-order chi connectivity index (χ0) is 22.3. The summed E-state index contributed by atoms with van der Waals surface area (Å²) in [5, 5.41) is 6.66. The molecule has 30 heavy (non-hydrogen) atoms. The van der Waals surface area contributed by atoms with Gasteiger partial charge in [0.2, 0.25) is 0 Å². The van der Waals surface area contributed by atoms with E-state index in [1.165, 1.54) is 12.1 Å². The molecule has 0 atom stereocenters. The fraction of sp³-hybridized carbons (Fsp3) is 0.222. The maximum atomic E-state index is 11.9. The second-order valence-electron chi connectivity index (χ2n) is 5.67. The Bertz CT molecular complexity index is 825. The standard InChI is InChI=1S/C18H14Br2Cl4N2O4/c19-11-3-9(21)5-13(23)17(11)29-7-15(27)25-1-2-26-16(28)8-30-18-12(20)4-10(22)6-14(18)24/h3-6H,1-2,7-8H2,(H,25,27)(H,26,28). The lowest BCUT2D eigenvalue weighted by Crippen LogP contribution is -2.38. The third kappa shape index (κ3) is 7.98. The van der Waals surface area contributed by atoms with Crippen LogP contribution in [0.2, 0.25) is 20.1 Å².